The molecule has 2 aliphatic carbocycles. The summed E-state index contributed by atoms with van der Waals surface area (Å²) in [6, 6.07) is 0. The van der Waals surface area contributed by atoms with E-state index in [1.54, 1.807) is 0 Å². The zero-order valence-corrected chi connectivity index (χ0v) is 11.3. The highest BCUT2D eigenvalue weighted by Crippen LogP contribution is 2.57. The first-order valence-corrected chi connectivity index (χ1v) is 6.97. The predicted octanol–water partition coefficient (Wildman–Crippen LogP) is 1.18. The summed E-state index contributed by atoms with van der Waals surface area (Å²) in [5.41, 5.74) is 0. The molecule has 1 aromatic heterocycles. The van der Waals surface area contributed by atoms with E-state index in [-0.39, 0.29) is 5.91 Å². The van der Waals surface area contributed by atoms with E-state index < -0.39 is 0 Å². The van der Waals surface area contributed by atoms with E-state index in [0.29, 0.717) is 29.1 Å². The van der Waals surface area contributed by atoms with E-state index in [1.165, 1.54) is 19.3 Å². The Hall–Kier alpha value is -1.17. The number of amides is 1. The van der Waals surface area contributed by atoms with Crippen molar-refractivity contribution >= 4 is 18.1 Å². The van der Waals surface area contributed by atoms with Crippen LogP contribution in [-0.2, 0) is 18.3 Å². The van der Waals surface area contributed by atoms with Crippen molar-refractivity contribution in [1.82, 2.24) is 20.1 Å². The average Bonchev–Trinajstić information content (AvgIpc) is 2.68. The van der Waals surface area contributed by atoms with Crippen molar-refractivity contribution in [2.45, 2.75) is 25.7 Å². The van der Waals surface area contributed by atoms with Gasteiger partial charge in [0.25, 0.3) is 0 Å². The van der Waals surface area contributed by atoms with E-state index in [9.17, 15) is 4.79 Å². The Balaban J connectivity index is 1.46. The lowest BCUT2D eigenvalue weighted by molar-refractivity contribution is -0.123. The van der Waals surface area contributed by atoms with Crippen LogP contribution in [0.3, 0.4) is 0 Å². The molecule has 18 heavy (non-hydrogen) atoms. The van der Waals surface area contributed by atoms with Crippen LogP contribution in [0.5, 0.6) is 0 Å². The molecule has 1 amide bonds. The van der Waals surface area contributed by atoms with Crippen molar-refractivity contribution in [3.63, 3.8) is 0 Å². The fourth-order valence-corrected chi connectivity index (χ4v) is 3.38. The normalized spacial score (nSPS) is 29.1. The van der Waals surface area contributed by atoms with E-state index in [4.69, 9.17) is 12.2 Å². The second kappa shape index (κ2) is 4.50. The summed E-state index contributed by atoms with van der Waals surface area (Å²) in [5.74, 6) is 2.80. The summed E-state index contributed by atoms with van der Waals surface area (Å²) >= 11 is 5.04. The molecule has 2 atom stereocenters. The monoisotopic (exact) mass is 266 g/mol. The van der Waals surface area contributed by atoms with Gasteiger partial charge in [-0.25, -0.2) is 0 Å². The fourth-order valence-electron chi connectivity index (χ4n) is 3.23. The summed E-state index contributed by atoms with van der Waals surface area (Å²) < 4.78 is 2.46. The third-order valence-corrected chi connectivity index (χ3v) is 4.69. The molecular weight excluding hydrogens is 248 g/mol. The van der Waals surface area contributed by atoms with E-state index >= 15 is 0 Å². The molecule has 1 aromatic rings. The minimum atomic E-state index is 0.237. The highest BCUT2D eigenvalue weighted by atomic mass is 32.1. The van der Waals surface area contributed by atoms with Crippen LogP contribution in [0.4, 0.5) is 0 Å². The van der Waals surface area contributed by atoms with Gasteiger partial charge >= 0.3 is 0 Å². The molecule has 98 valence electrons. The molecule has 2 aliphatic rings. The highest BCUT2D eigenvalue weighted by Gasteiger charge is 2.56. The second-order valence-electron chi connectivity index (χ2n) is 5.33. The summed E-state index contributed by atoms with van der Waals surface area (Å²) in [6.07, 6.45) is 4.52. The summed E-state index contributed by atoms with van der Waals surface area (Å²) in [7, 11) is 1.88. The molecule has 6 heteroatoms. The molecule has 0 aromatic carbocycles. The molecular formula is C12H18N4OS. The van der Waals surface area contributed by atoms with Gasteiger partial charge in [0.1, 0.15) is 5.82 Å². The van der Waals surface area contributed by atoms with Crippen LogP contribution in [0.25, 0.3) is 0 Å². The van der Waals surface area contributed by atoms with Gasteiger partial charge in [-0.2, -0.15) is 5.10 Å². The lowest BCUT2D eigenvalue weighted by atomic mass is 10.1. The Morgan fingerprint density at radius 3 is 2.89 bits per heavy atom. The standard InChI is InChI=1S/C12H18N4OS/c1-16-9(14-15-12(16)18)5-6-13-11(17)10-7-3-2-4-8(7)10/h7-8,10H,2-6H2,1H3,(H,13,17)(H,15,18). The molecule has 1 heterocycles. The number of fused-ring (bicyclic) bond motifs is 1. The van der Waals surface area contributed by atoms with Crippen molar-refractivity contribution in [3.05, 3.63) is 10.6 Å². The number of hydrogen-bond donors (Lipinski definition) is 2. The number of aromatic nitrogens is 3. The van der Waals surface area contributed by atoms with Crippen LogP contribution >= 0.6 is 12.2 Å². The zero-order valence-electron chi connectivity index (χ0n) is 10.5. The number of carbonyl (C=O) groups is 1. The van der Waals surface area contributed by atoms with Crippen LogP contribution in [0.15, 0.2) is 0 Å². The Morgan fingerprint density at radius 2 is 2.28 bits per heavy atom. The molecule has 0 saturated heterocycles. The van der Waals surface area contributed by atoms with Crippen molar-refractivity contribution in [3.8, 4) is 0 Å². The van der Waals surface area contributed by atoms with Crippen LogP contribution in [0, 0.1) is 22.5 Å². The predicted molar refractivity (Wildman–Crippen MR) is 69.4 cm³/mol. The van der Waals surface area contributed by atoms with Crippen molar-refractivity contribution in [2.24, 2.45) is 24.8 Å². The van der Waals surface area contributed by atoms with Gasteiger partial charge in [0, 0.05) is 25.9 Å². The number of aromatic amines is 1. The quantitative estimate of drug-likeness (QED) is 0.805. The Morgan fingerprint density at radius 1 is 1.56 bits per heavy atom. The topological polar surface area (TPSA) is 62.7 Å². The first-order chi connectivity index (χ1) is 8.68. The molecule has 0 bridgehead atoms. The van der Waals surface area contributed by atoms with Gasteiger partial charge in [0.15, 0.2) is 4.77 Å². The smallest absolute Gasteiger partial charge is 0.223 e. The Bertz CT molecular complexity index is 510. The summed E-state index contributed by atoms with van der Waals surface area (Å²) in [5, 5.41) is 9.89. The van der Waals surface area contributed by atoms with Crippen molar-refractivity contribution in [1.29, 1.82) is 0 Å². The molecule has 2 unspecified atom stereocenters. The number of hydrogen-bond acceptors (Lipinski definition) is 3. The molecule has 3 rings (SSSR count). The third kappa shape index (κ3) is 1.98. The van der Waals surface area contributed by atoms with E-state index in [2.05, 4.69) is 15.5 Å². The minimum absolute atomic E-state index is 0.237. The number of H-pyrrole nitrogens is 1. The fraction of sp³-hybridized carbons (Fsp3) is 0.750. The number of nitrogens with zero attached hydrogens (tertiary/aromatic N) is 2. The second-order valence-corrected chi connectivity index (χ2v) is 5.72. The minimum Gasteiger partial charge on any atom is -0.355 e. The number of carbonyl (C=O) groups excluding carboxylic acids is 1. The molecule has 0 spiro atoms. The lowest BCUT2D eigenvalue weighted by Gasteiger charge is -2.06. The third-order valence-electron chi connectivity index (χ3n) is 4.33. The van der Waals surface area contributed by atoms with Gasteiger partial charge in [-0.15, -0.1) is 0 Å². The van der Waals surface area contributed by atoms with Crippen LogP contribution < -0.4 is 5.32 Å². The van der Waals surface area contributed by atoms with Gasteiger partial charge in [-0.3, -0.25) is 9.89 Å². The van der Waals surface area contributed by atoms with Gasteiger partial charge in [0.05, 0.1) is 0 Å². The maximum atomic E-state index is 11.9. The molecule has 5 nitrogen and oxygen atoms in total. The van der Waals surface area contributed by atoms with Crippen LogP contribution in [0.2, 0.25) is 0 Å². The zero-order chi connectivity index (χ0) is 12.7. The van der Waals surface area contributed by atoms with Crippen molar-refractivity contribution < 1.29 is 4.79 Å². The maximum Gasteiger partial charge on any atom is 0.223 e. The van der Waals surface area contributed by atoms with Crippen LogP contribution in [-0.4, -0.2) is 27.2 Å². The first kappa shape index (κ1) is 11.9. The molecule has 0 aliphatic heterocycles. The van der Waals surface area contributed by atoms with Gasteiger partial charge in [-0.05, 0) is 36.9 Å². The van der Waals surface area contributed by atoms with Gasteiger partial charge in [0.2, 0.25) is 5.91 Å². The summed E-state index contributed by atoms with van der Waals surface area (Å²) in [6.45, 7) is 0.641. The first-order valence-electron chi connectivity index (χ1n) is 6.56. The lowest BCUT2D eigenvalue weighted by Crippen LogP contribution is -2.29. The summed E-state index contributed by atoms with van der Waals surface area (Å²) in [4.78, 5) is 11.9. The molecule has 2 fully saturated rings. The van der Waals surface area contributed by atoms with E-state index in [0.717, 1.165) is 12.2 Å². The highest BCUT2D eigenvalue weighted by molar-refractivity contribution is 7.71. The van der Waals surface area contributed by atoms with Crippen molar-refractivity contribution in [2.75, 3.05) is 6.54 Å². The van der Waals surface area contributed by atoms with Crippen LogP contribution in [0.1, 0.15) is 25.1 Å². The number of rotatable bonds is 4. The SMILES string of the molecule is Cn1c(CCNC(=O)C2C3CCCC32)n[nH]c1=S. The Labute approximate surface area is 111 Å². The molecule has 2 N–H and O–H groups in total. The molecule has 2 saturated carbocycles. The van der Waals surface area contributed by atoms with Gasteiger partial charge in [-0.1, -0.05) is 6.42 Å². The Kier molecular flexibility index (Phi) is 2.97. The molecule has 0 radical (unpaired) electrons. The largest absolute Gasteiger partial charge is 0.355 e. The average molecular weight is 266 g/mol. The maximum absolute atomic E-state index is 11.9. The van der Waals surface area contributed by atoms with E-state index in [1.807, 2.05) is 11.6 Å². The number of nitrogens with one attached hydrogen (secondary N) is 2. The van der Waals surface area contributed by atoms with Gasteiger partial charge < -0.3 is 9.88 Å².